The van der Waals surface area contributed by atoms with Crippen molar-refractivity contribution in [1.29, 1.82) is 0 Å². The summed E-state index contributed by atoms with van der Waals surface area (Å²) in [6, 6.07) is 30.0. The van der Waals surface area contributed by atoms with E-state index in [0.717, 1.165) is 38.6 Å². The van der Waals surface area contributed by atoms with Crippen molar-refractivity contribution in [2.24, 2.45) is 0 Å². The molecular weight excluding hydrogens is 609 g/mol. The fourth-order valence-corrected chi connectivity index (χ4v) is 7.15. The van der Waals surface area contributed by atoms with E-state index >= 15 is 0 Å². The van der Waals surface area contributed by atoms with E-state index in [2.05, 4.69) is 6.07 Å². The zero-order chi connectivity index (χ0) is 41.2. The lowest BCUT2D eigenvalue weighted by molar-refractivity contribution is 0.661. The van der Waals surface area contributed by atoms with Gasteiger partial charge in [-0.1, -0.05) is 135 Å². The zero-order valence-electron chi connectivity index (χ0n) is 36.1. The third-order valence-electron chi connectivity index (χ3n) is 9.72. The van der Waals surface area contributed by atoms with Crippen LogP contribution in [0.25, 0.3) is 88.9 Å². The van der Waals surface area contributed by atoms with E-state index < -0.39 is 29.6 Å². The summed E-state index contributed by atoms with van der Waals surface area (Å²) in [6.45, 7) is 3.57. The Morgan fingerprint density at radius 2 is 1.24 bits per heavy atom. The molecule has 0 unspecified atom stereocenters. The average molecular weight is 650 g/mol. The second kappa shape index (κ2) is 10.8. The molecule has 9 aromatic rings. The predicted octanol–water partition coefficient (Wildman–Crippen LogP) is 12.5. The highest BCUT2D eigenvalue weighted by Crippen LogP contribution is 2.53. The fraction of sp³-hybridized carbons (Fsp3) is 0.0638. The SMILES string of the molecule is [2H]c1c([2H])c(-c2cc(-c3ccc(-c4ccc5oc6ccccc6c5c4)cc3)nc(-c3ccccc3)n2)c2c(c1[2H])C(C)(C)c1c-2c([2H])c2c([2H])c([2H])c([2H])c([2H])c2c1[2H]. The first-order valence-electron chi connectivity index (χ1n) is 20.9. The number of hydrogen-bond donors (Lipinski definition) is 0. The highest BCUT2D eigenvalue weighted by molar-refractivity contribution is 6.06. The lowest BCUT2D eigenvalue weighted by Gasteiger charge is -2.22. The average Bonchev–Trinajstić information content (AvgIpc) is 3.74. The maximum atomic E-state index is 9.56. The lowest BCUT2D eigenvalue weighted by Crippen LogP contribution is -2.14. The molecule has 3 heteroatoms. The van der Waals surface area contributed by atoms with Crippen LogP contribution in [0, 0.1) is 0 Å². The number of rotatable bonds is 4. The minimum atomic E-state index is -1.16. The molecule has 0 amide bonds. The van der Waals surface area contributed by atoms with Crippen molar-refractivity contribution in [3.8, 4) is 56.2 Å². The summed E-state index contributed by atoms with van der Waals surface area (Å²) < 4.78 is 87.0. The van der Waals surface area contributed by atoms with Crippen molar-refractivity contribution < 1.29 is 16.8 Å². The van der Waals surface area contributed by atoms with Crippen LogP contribution in [0.15, 0.2) is 162 Å². The van der Waals surface area contributed by atoms with Crippen LogP contribution >= 0.6 is 0 Å². The van der Waals surface area contributed by atoms with Gasteiger partial charge < -0.3 is 4.42 Å². The number of furan rings is 1. The molecular formula is C47H32N2O. The van der Waals surface area contributed by atoms with Crippen LogP contribution in [-0.4, -0.2) is 9.97 Å². The number of fused-ring (bicyclic) bond motifs is 7. The van der Waals surface area contributed by atoms with E-state index in [1.54, 1.807) is 19.9 Å². The zero-order valence-corrected chi connectivity index (χ0v) is 27.1. The molecule has 236 valence electrons. The van der Waals surface area contributed by atoms with Crippen molar-refractivity contribution in [2.75, 3.05) is 0 Å². The molecule has 2 aromatic heterocycles. The number of para-hydroxylation sites is 1. The van der Waals surface area contributed by atoms with Crippen molar-refractivity contribution in [3.05, 3.63) is 169 Å². The third kappa shape index (κ3) is 4.44. The molecule has 10 rings (SSSR count). The molecule has 50 heavy (non-hydrogen) atoms. The molecule has 0 radical (unpaired) electrons. The second-order valence-corrected chi connectivity index (χ2v) is 13.1. The van der Waals surface area contributed by atoms with Crippen molar-refractivity contribution >= 4 is 32.7 Å². The van der Waals surface area contributed by atoms with Crippen molar-refractivity contribution in [3.63, 3.8) is 0 Å². The van der Waals surface area contributed by atoms with Gasteiger partial charge in [0.15, 0.2) is 5.82 Å². The Bertz CT molecular complexity index is 3290. The summed E-state index contributed by atoms with van der Waals surface area (Å²) in [5.74, 6) is 0.353. The Morgan fingerprint density at radius 3 is 2.08 bits per heavy atom. The van der Waals surface area contributed by atoms with E-state index in [1.807, 2.05) is 91.0 Å². The van der Waals surface area contributed by atoms with Crippen LogP contribution in [0.4, 0.5) is 0 Å². The quantitative estimate of drug-likeness (QED) is 0.190. The van der Waals surface area contributed by atoms with Gasteiger partial charge in [0.2, 0.25) is 0 Å². The first kappa shape index (κ1) is 20.9. The Morgan fingerprint density at radius 1 is 0.540 bits per heavy atom. The van der Waals surface area contributed by atoms with Gasteiger partial charge in [-0.3, -0.25) is 0 Å². The minimum Gasteiger partial charge on any atom is -0.456 e. The van der Waals surface area contributed by atoms with Gasteiger partial charge in [0.25, 0.3) is 0 Å². The van der Waals surface area contributed by atoms with Crippen LogP contribution in [0.1, 0.15) is 37.3 Å². The highest BCUT2D eigenvalue weighted by Gasteiger charge is 2.37. The highest BCUT2D eigenvalue weighted by atomic mass is 16.3. The van der Waals surface area contributed by atoms with Gasteiger partial charge in [-0.25, -0.2) is 9.97 Å². The summed E-state index contributed by atoms with van der Waals surface area (Å²) in [7, 11) is 0. The van der Waals surface area contributed by atoms with Gasteiger partial charge in [0, 0.05) is 32.9 Å². The maximum absolute atomic E-state index is 9.56. The molecule has 1 aliphatic rings. The topological polar surface area (TPSA) is 38.9 Å². The largest absolute Gasteiger partial charge is 0.456 e. The van der Waals surface area contributed by atoms with E-state index in [9.17, 15) is 5.48 Å². The molecule has 2 heterocycles. The Hall–Kier alpha value is -6.32. The van der Waals surface area contributed by atoms with Crippen LogP contribution in [-0.2, 0) is 5.41 Å². The summed E-state index contributed by atoms with van der Waals surface area (Å²) in [5.41, 5.74) is 6.01. The van der Waals surface area contributed by atoms with E-state index in [0.29, 0.717) is 28.2 Å². The monoisotopic (exact) mass is 649 g/mol. The standard InChI is InChI=1S/C47H32N2O/c1-47(2)39-17-10-16-36(45(39)38-26-32-13-6-7-14-33(32)27-40(38)47)42-28-41(48-46(49-42)31-11-4-3-5-12-31)30-21-19-29(20-22-30)34-23-24-44-37(25-34)35-15-8-9-18-43(35)50-44/h3-28H,1-2H3/i6D,7D,10D,13D,14D,16D,17D,26D,27D. The number of aromatic nitrogens is 2. The van der Waals surface area contributed by atoms with Gasteiger partial charge in [0.05, 0.1) is 23.7 Å². The summed E-state index contributed by atoms with van der Waals surface area (Å²) >= 11 is 0. The molecule has 0 fully saturated rings. The van der Waals surface area contributed by atoms with Gasteiger partial charge >= 0.3 is 0 Å². The van der Waals surface area contributed by atoms with Crippen LogP contribution in [0.2, 0.25) is 0 Å². The second-order valence-electron chi connectivity index (χ2n) is 13.1. The molecule has 3 nitrogen and oxygen atoms in total. The molecule has 0 aliphatic heterocycles. The van der Waals surface area contributed by atoms with Gasteiger partial charge in [-0.05, 0) is 80.5 Å². The number of benzene rings is 7. The maximum Gasteiger partial charge on any atom is 0.160 e. The third-order valence-corrected chi connectivity index (χ3v) is 9.72. The van der Waals surface area contributed by atoms with Gasteiger partial charge in [0.1, 0.15) is 11.2 Å². The molecule has 0 atom stereocenters. The Balaban J connectivity index is 1.21. The predicted molar refractivity (Wildman–Crippen MR) is 206 cm³/mol. The number of nitrogens with zero attached hydrogens (tertiary/aromatic N) is 2. The molecule has 1 aliphatic carbocycles. The van der Waals surface area contributed by atoms with E-state index in [4.69, 9.17) is 21.2 Å². The van der Waals surface area contributed by atoms with Gasteiger partial charge in [-0.2, -0.15) is 0 Å². The minimum absolute atomic E-state index is 0.0805. The van der Waals surface area contributed by atoms with Gasteiger partial charge in [-0.15, -0.1) is 0 Å². The molecule has 0 saturated heterocycles. The van der Waals surface area contributed by atoms with Crippen LogP contribution < -0.4 is 0 Å². The molecule has 7 aromatic carbocycles. The smallest absolute Gasteiger partial charge is 0.160 e. The van der Waals surface area contributed by atoms with Crippen LogP contribution in [0.3, 0.4) is 0 Å². The normalized spacial score (nSPS) is 15.7. The first-order chi connectivity index (χ1) is 28.3. The first-order valence-corrected chi connectivity index (χ1v) is 16.4. The van der Waals surface area contributed by atoms with Crippen molar-refractivity contribution in [1.82, 2.24) is 9.97 Å². The molecule has 0 saturated carbocycles. The lowest BCUT2D eigenvalue weighted by atomic mass is 9.81. The summed E-state index contributed by atoms with van der Waals surface area (Å²) in [5, 5.41) is 1.87. The van der Waals surface area contributed by atoms with E-state index in [-0.39, 0.29) is 63.4 Å². The Labute approximate surface area is 303 Å². The fourth-order valence-electron chi connectivity index (χ4n) is 7.15. The molecule has 0 N–H and O–H groups in total. The van der Waals surface area contributed by atoms with E-state index in [1.165, 1.54) is 0 Å². The van der Waals surface area contributed by atoms with Crippen LogP contribution in [0.5, 0.6) is 0 Å². The summed E-state index contributed by atoms with van der Waals surface area (Å²) in [4.78, 5) is 10.00. The Kier molecular flexibility index (Phi) is 4.54. The molecule has 0 bridgehead atoms. The van der Waals surface area contributed by atoms with Crippen molar-refractivity contribution in [2.45, 2.75) is 19.3 Å². The summed E-state index contributed by atoms with van der Waals surface area (Å²) in [6.07, 6.45) is 0. The number of hydrogen-bond acceptors (Lipinski definition) is 3. The molecule has 0 spiro atoms.